The van der Waals surface area contributed by atoms with Crippen LogP contribution in [0, 0.1) is 0 Å². The summed E-state index contributed by atoms with van der Waals surface area (Å²) in [6, 6.07) is 16.9. The second kappa shape index (κ2) is 8.68. The molecule has 0 radical (unpaired) electrons. The summed E-state index contributed by atoms with van der Waals surface area (Å²) in [5.41, 5.74) is 2.99. The van der Waals surface area contributed by atoms with Crippen LogP contribution in [0.5, 0.6) is 5.75 Å². The van der Waals surface area contributed by atoms with Gasteiger partial charge in [0.05, 0.1) is 11.7 Å². The van der Waals surface area contributed by atoms with Crippen LogP contribution in [0.25, 0.3) is 0 Å². The fourth-order valence-electron chi connectivity index (χ4n) is 4.26. The van der Waals surface area contributed by atoms with E-state index in [9.17, 15) is 4.79 Å². The van der Waals surface area contributed by atoms with Crippen molar-refractivity contribution in [1.29, 1.82) is 0 Å². The maximum absolute atomic E-state index is 12.9. The third kappa shape index (κ3) is 4.32. The molecule has 28 heavy (non-hydrogen) atoms. The van der Waals surface area contributed by atoms with Gasteiger partial charge in [0.25, 0.3) is 5.91 Å². The Kier molecular flexibility index (Phi) is 5.84. The maximum Gasteiger partial charge on any atom is 0.251 e. The van der Waals surface area contributed by atoms with Crippen LogP contribution in [0.3, 0.4) is 0 Å². The van der Waals surface area contributed by atoms with Gasteiger partial charge in [0.1, 0.15) is 12.4 Å². The summed E-state index contributed by atoms with van der Waals surface area (Å²) in [6.45, 7) is 3.64. The summed E-state index contributed by atoms with van der Waals surface area (Å²) in [4.78, 5) is 15.2. The van der Waals surface area contributed by atoms with Crippen LogP contribution < -0.4 is 15.0 Å². The van der Waals surface area contributed by atoms with Gasteiger partial charge in [0.15, 0.2) is 0 Å². The van der Waals surface area contributed by atoms with Crippen molar-refractivity contribution in [3.8, 4) is 5.75 Å². The summed E-state index contributed by atoms with van der Waals surface area (Å²) in [6.07, 6.45) is 7.19. The zero-order valence-corrected chi connectivity index (χ0v) is 16.7. The molecule has 1 atom stereocenters. The number of fused-ring (bicyclic) bond motifs is 1. The van der Waals surface area contributed by atoms with Crippen molar-refractivity contribution in [2.45, 2.75) is 64.1 Å². The van der Waals surface area contributed by atoms with E-state index in [1.54, 1.807) is 0 Å². The number of nitrogens with one attached hydrogen (secondary N) is 1. The minimum atomic E-state index is 0.0348. The highest BCUT2D eigenvalue weighted by molar-refractivity contribution is 5.96. The predicted octanol–water partition coefficient (Wildman–Crippen LogP) is 4.93. The molecule has 1 unspecified atom stereocenters. The molecule has 4 rings (SSSR count). The van der Waals surface area contributed by atoms with E-state index in [1.165, 1.54) is 31.2 Å². The third-order valence-electron chi connectivity index (χ3n) is 5.93. The highest BCUT2D eigenvalue weighted by atomic mass is 16.5. The second-order valence-electron chi connectivity index (χ2n) is 8.12. The van der Waals surface area contributed by atoms with E-state index in [1.807, 2.05) is 24.3 Å². The van der Waals surface area contributed by atoms with Crippen molar-refractivity contribution in [3.05, 3.63) is 59.7 Å². The molecule has 1 heterocycles. The van der Waals surface area contributed by atoms with Gasteiger partial charge in [-0.2, -0.15) is 0 Å². The first-order valence-electron chi connectivity index (χ1n) is 10.6. The van der Waals surface area contributed by atoms with Crippen LogP contribution in [-0.2, 0) is 6.54 Å². The molecule has 148 valence electrons. The zero-order valence-electron chi connectivity index (χ0n) is 16.7. The van der Waals surface area contributed by atoms with E-state index in [0.29, 0.717) is 12.6 Å². The average molecular weight is 379 g/mol. The van der Waals surface area contributed by atoms with Gasteiger partial charge in [0.2, 0.25) is 0 Å². The fraction of sp³-hybridized carbons (Fsp3) is 0.458. The molecule has 1 saturated carbocycles. The molecular formula is C24H30N2O2. The smallest absolute Gasteiger partial charge is 0.251 e. The van der Waals surface area contributed by atoms with E-state index in [2.05, 4.69) is 41.4 Å². The van der Waals surface area contributed by atoms with E-state index in [-0.39, 0.29) is 11.9 Å². The van der Waals surface area contributed by atoms with Gasteiger partial charge in [-0.15, -0.1) is 0 Å². The summed E-state index contributed by atoms with van der Waals surface area (Å²) < 4.78 is 5.93. The number of carbonyl (C=O) groups is 1. The first-order chi connectivity index (χ1) is 13.7. The minimum Gasteiger partial charge on any atom is -0.489 e. The lowest BCUT2D eigenvalue weighted by Gasteiger charge is -2.37. The first-order valence-corrected chi connectivity index (χ1v) is 10.6. The average Bonchev–Trinajstić information content (AvgIpc) is 2.99. The fourth-order valence-corrected chi connectivity index (χ4v) is 4.26. The van der Waals surface area contributed by atoms with Gasteiger partial charge < -0.3 is 15.0 Å². The molecule has 2 aliphatic rings. The molecule has 1 N–H and O–H groups in total. The molecule has 4 heteroatoms. The van der Waals surface area contributed by atoms with E-state index >= 15 is 0 Å². The lowest BCUT2D eigenvalue weighted by Crippen LogP contribution is -2.41. The minimum absolute atomic E-state index is 0.0348. The van der Waals surface area contributed by atoms with Crippen molar-refractivity contribution >= 4 is 11.6 Å². The summed E-state index contributed by atoms with van der Waals surface area (Å²) in [7, 11) is 0. The van der Waals surface area contributed by atoms with Gasteiger partial charge in [-0.3, -0.25) is 4.79 Å². The Balaban J connectivity index is 1.54. The summed E-state index contributed by atoms with van der Waals surface area (Å²) in [5.74, 6) is 0.896. The molecule has 0 aromatic heterocycles. The van der Waals surface area contributed by atoms with Gasteiger partial charge in [-0.1, -0.05) is 56.0 Å². The third-order valence-corrected chi connectivity index (χ3v) is 5.93. The highest BCUT2D eigenvalue weighted by Crippen LogP contribution is 2.36. The molecule has 1 amide bonds. The largest absolute Gasteiger partial charge is 0.489 e. The normalized spacial score (nSPS) is 20.0. The van der Waals surface area contributed by atoms with Crippen molar-refractivity contribution in [2.24, 2.45) is 0 Å². The van der Waals surface area contributed by atoms with E-state index in [4.69, 9.17) is 4.74 Å². The van der Waals surface area contributed by atoms with Crippen LogP contribution in [-0.4, -0.2) is 24.6 Å². The lowest BCUT2D eigenvalue weighted by molar-refractivity contribution is 0.0933. The van der Waals surface area contributed by atoms with Gasteiger partial charge in [-0.05, 0) is 43.5 Å². The van der Waals surface area contributed by atoms with Crippen LogP contribution >= 0.6 is 0 Å². The van der Waals surface area contributed by atoms with Gasteiger partial charge in [0, 0.05) is 18.2 Å². The Hall–Kier alpha value is -2.49. The molecule has 2 aromatic rings. The summed E-state index contributed by atoms with van der Waals surface area (Å²) >= 11 is 0. The van der Waals surface area contributed by atoms with Crippen molar-refractivity contribution < 1.29 is 9.53 Å². The Labute approximate surface area is 167 Å². The Morgan fingerprint density at radius 2 is 1.82 bits per heavy atom. The highest BCUT2D eigenvalue weighted by Gasteiger charge is 2.26. The molecular weight excluding hydrogens is 348 g/mol. The molecule has 0 bridgehead atoms. The number of nitrogens with zero attached hydrogens (tertiary/aromatic N) is 1. The van der Waals surface area contributed by atoms with E-state index in [0.717, 1.165) is 36.4 Å². The number of hydrogen-bond donors (Lipinski definition) is 1. The maximum atomic E-state index is 12.9. The van der Waals surface area contributed by atoms with Crippen LogP contribution in [0.4, 0.5) is 5.69 Å². The first kappa shape index (κ1) is 18.9. The Bertz CT molecular complexity index is 798. The topological polar surface area (TPSA) is 41.6 Å². The summed E-state index contributed by atoms with van der Waals surface area (Å²) in [5, 5.41) is 3.26. The number of rotatable bonds is 4. The van der Waals surface area contributed by atoms with Crippen LogP contribution in [0.2, 0.25) is 0 Å². The zero-order chi connectivity index (χ0) is 19.3. The monoisotopic (exact) mass is 378 g/mol. The number of benzene rings is 2. The predicted molar refractivity (Wildman–Crippen MR) is 113 cm³/mol. The second-order valence-corrected chi connectivity index (χ2v) is 8.12. The standard InChI is InChI=1S/C24H30N2O2/c1-18-17-28-23-14-13-20(24(27)25-21-11-7-2-3-8-12-21)15-22(23)26(18)16-19-9-5-4-6-10-19/h4-6,9-10,13-15,18,21H,2-3,7-8,11-12,16-17H2,1H3,(H,25,27). The number of hydrogen-bond acceptors (Lipinski definition) is 3. The molecule has 0 spiro atoms. The van der Waals surface area contributed by atoms with Crippen molar-refractivity contribution in [3.63, 3.8) is 0 Å². The van der Waals surface area contributed by atoms with Gasteiger partial charge in [-0.25, -0.2) is 0 Å². The molecule has 2 aromatic carbocycles. The Morgan fingerprint density at radius 1 is 1.07 bits per heavy atom. The molecule has 0 saturated heterocycles. The Morgan fingerprint density at radius 3 is 2.57 bits per heavy atom. The number of ether oxygens (including phenoxy) is 1. The molecule has 1 fully saturated rings. The van der Waals surface area contributed by atoms with Crippen LogP contribution in [0.1, 0.15) is 61.4 Å². The van der Waals surface area contributed by atoms with E-state index < -0.39 is 0 Å². The quantitative estimate of drug-likeness (QED) is 0.767. The lowest BCUT2D eigenvalue weighted by atomic mass is 10.1. The molecule has 4 nitrogen and oxygen atoms in total. The number of anilines is 1. The van der Waals surface area contributed by atoms with Crippen molar-refractivity contribution in [1.82, 2.24) is 5.32 Å². The molecule has 1 aliphatic carbocycles. The SMILES string of the molecule is CC1COc2ccc(C(=O)NC3CCCCCC3)cc2N1Cc1ccccc1. The number of carbonyl (C=O) groups excluding carboxylic acids is 1. The van der Waals surface area contributed by atoms with Gasteiger partial charge >= 0.3 is 0 Å². The van der Waals surface area contributed by atoms with Crippen molar-refractivity contribution in [2.75, 3.05) is 11.5 Å². The number of amides is 1. The van der Waals surface area contributed by atoms with Crippen LogP contribution in [0.15, 0.2) is 48.5 Å². The molecule has 1 aliphatic heterocycles.